The summed E-state index contributed by atoms with van der Waals surface area (Å²) in [5.74, 6) is 0.727. The van der Waals surface area contributed by atoms with E-state index < -0.39 is 0 Å². The van der Waals surface area contributed by atoms with Crippen LogP contribution >= 0.6 is 0 Å². The summed E-state index contributed by atoms with van der Waals surface area (Å²) in [6.45, 7) is 2.58. The van der Waals surface area contributed by atoms with Crippen LogP contribution in [-0.4, -0.2) is 52.6 Å². The van der Waals surface area contributed by atoms with Gasteiger partial charge in [-0.1, -0.05) is 6.42 Å². The van der Waals surface area contributed by atoms with Crippen LogP contribution in [0.25, 0.3) is 0 Å². The van der Waals surface area contributed by atoms with Crippen LogP contribution in [0.5, 0.6) is 0 Å². The van der Waals surface area contributed by atoms with Crippen molar-refractivity contribution < 1.29 is 14.3 Å². The number of rotatable bonds is 7. The molecule has 0 aromatic carbocycles. The van der Waals surface area contributed by atoms with Gasteiger partial charge in [-0.2, -0.15) is 5.10 Å². The van der Waals surface area contributed by atoms with Gasteiger partial charge in [0.25, 0.3) is 0 Å². The summed E-state index contributed by atoms with van der Waals surface area (Å²) in [6.07, 6.45) is 8.13. The van der Waals surface area contributed by atoms with Gasteiger partial charge < -0.3 is 14.8 Å². The average molecular weight is 308 g/mol. The molecule has 1 saturated heterocycles. The van der Waals surface area contributed by atoms with Gasteiger partial charge in [-0.15, -0.1) is 0 Å². The molecule has 1 aromatic rings. The number of amides is 1. The number of nitrogens with one attached hydrogen (secondary N) is 1. The zero-order chi connectivity index (χ0) is 15.2. The monoisotopic (exact) mass is 308 g/mol. The Kier molecular flexibility index (Phi) is 5.39. The first-order chi connectivity index (χ1) is 10.8. The van der Waals surface area contributed by atoms with E-state index in [4.69, 9.17) is 9.47 Å². The summed E-state index contributed by atoms with van der Waals surface area (Å²) in [6, 6.07) is 0.0528. The van der Waals surface area contributed by atoms with Crippen molar-refractivity contribution in [2.75, 3.05) is 19.8 Å². The lowest BCUT2D eigenvalue weighted by atomic mass is 9.86. The number of hydrogen-bond acceptors (Lipinski definition) is 5. The lowest BCUT2D eigenvalue weighted by Crippen LogP contribution is -2.50. The second-order valence-corrected chi connectivity index (χ2v) is 6.11. The highest BCUT2D eigenvalue weighted by Gasteiger charge is 2.29. The van der Waals surface area contributed by atoms with E-state index in [9.17, 15) is 4.79 Å². The first kappa shape index (κ1) is 15.4. The predicted molar refractivity (Wildman–Crippen MR) is 79.1 cm³/mol. The zero-order valence-electron chi connectivity index (χ0n) is 12.8. The van der Waals surface area contributed by atoms with Gasteiger partial charge >= 0.3 is 0 Å². The topological polar surface area (TPSA) is 78.3 Å². The zero-order valence-corrected chi connectivity index (χ0v) is 12.8. The summed E-state index contributed by atoms with van der Waals surface area (Å²) in [7, 11) is 0. The first-order valence-corrected chi connectivity index (χ1v) is 8.12. The van der Waals surface area contributed by atoms with Crippen LogP contribution in [0.15, 0.2) is 12.7 Å². The number of carbonyl (C=O) groups excluding carboxylic acids is 1. The van der Waals surface area contributed by atoms with Crippen molar-refractivity contribution in [1.82, 2.24) is 20.1 Å². The minimum atomic E-state index is -0.0235. The maximum Gasteiger partial charge on any atom is 0.222 e. The van der Waals surface area contributed by atoms with Crippen molar-refractivity contribution >= 4 is 5.91 Å². The van der Waals surface area contributed by atoms with Crippen molar-refractivity contribution in [2.24, 2.45) is 5.92 Å². The fourth-order valence-electron chi connectivity index (χ4n) is 2.80. The Hall–Kier alpha value is -1.47. The minimum Gasteiger partial charge on any atom is -0.379 e. The lowest BCUT2D eigenvalue weighted by Gasteiger charge is -2.34. The van der Waals surface area contributed by atoms with Crippen LogP contribution < -0.4 is 5.32 Å². The Morgan fingerprint density at radius 3 is 3.05 bits per heavy atom. The predicted octanol–water partition coefficient (Wildman–Crippen LogP) is 0.759. The van der Waals surface area contributed by atoms with Crippen molar-refractivity contribution in [2.45, 2.75) is 50.8 Å². The summed E-state index contributed by atoms with van der Waals surface area (Å²) in [4.78, 5) is 16.0. The molecule has 0 radical (unpaired) electrons. The third-order valence-corrected chi connectivity index (χ3v) is 4.46. The van der Waals surface area contributed by atoms with E-state index in [1.54, 1.807) is 11.0 Å². The van der Waals surface area contributed by atoms with Crippen molar-refractivity contribution in [1.29, 1.82) is 0 Å². The highest BCUT2D eigenvalue weighted by Crippen LogP contribution is 2.27. The first-order valence-electron chi connectivity index (χ1n) is 8.12. The normalized spacial score (nSPS) is 25.6. The lowest BCUT2D eigenvalue weighted by molar-refractivity contribution is -0.127. The van der Waals surface area contributed by atoms with Gasteiger partial charge in [0.05, 0.1) is 19.2 Å². The molecule has 0 spiro atoms. The highest BCUT2D eigenvalue weighted by atomic mass is 16.5. The standard InChI is InChI=1S/C15H24N4O3/c20-15(4-6-19-11-16-10-17-19)18-13-5-7-21-9-14(13)22-8-12-2-1-3-12/h10-14H,1-9H2,(H,18,20)/t13-,14-/m1/s1. The Bertz CT molecular complexity index is 461. The Labute approximate surface area is 130 Å². The molecule has 2 fully saturated rings. The fraction of sp³-hybridized carbons (Fsp3) is 0.800. The molecular weight excluding hydrogens is 284 g/mol. The van der Waals surface area contributed by atoms with E-state index in [0.717, 1.165) is 13.0 Å². The van der Waals surface area contributed by atoms with E-state index in [-0.39, 0.29) is 18.1 Å². The molecule has 1 N–H and O–H groups in total. The summed E-state index contributed by atoms with van der Waals surface area (Å²) >= 11 is 0. The minimum absolute atomic E-state index is 0.0235. The smallest absolute Gasteiger partial charge is 0.222 e. The van der Waals surface area contributed by atoms with Gasteiger partial charge in [-0.05, 0) is 25.2 Å². The average Bonchev–Trinajstić information content (AvgIpc) is 2.98. The molecular formula is C15H24N4O3. The summed E-state index contributed by atoms with van der Waals surface area (Å²) in [5.41, 5.74) is 0. The number of aryl methyl sites for hydroxylation is 1. The van der Waals surface area contributed by atoms with Gasteiger partial charge in [0.1, 0.15) is 18.8 Å². The molecule has 22 heavy (non-hydrogen) atoms. The van der Waals surface area contributed by atoms with Crippen LogP contribution in [0, 0.1) is 5.92 Å². The van der Waals surface area contributed by atoms with Gasteiger partial charge in [0.2, 0.25) is 5.91 Å². The molecule has 2 heterocycles. The van der Waals surface area contributed by atoms with E-state index >= 15 is 0 Å². The summed E-state index contributed by atoms with van der Waals surface area (Å²) in [5, 5.41) is 7.08. The van der Waals surface area contributed by atoms with E-state index in [2.05, 4.69) is 15.4 Å². The molecule has 1 amide bonds. The van der Waals surface area contributed by atoms with Gasteiger partial charge in [0.15, 0.2) is 0 Å². The molecule has 122 valence electrons. The van der Waals surface area contributed by atoms with Crippen LogP contribution in [0.3, 0.4) is 0 Å². The highest BCUT2D eigenvalue weighted by molar-refractivity contribution is 5.76. The molecule has 0 bridgehead atoms. The maximum absolute atomic E-state index is 12.1. The maximum atomic E-state index is 12.1. The fourth-order valence-corrected chi connectivity index (χ4v) is 2.80. The van der Waals surface area contributed by atoms with Crippen LogP contribution in [0.2, 0.25) is 0 Å². The number of nitrogens with zero attached hydrogens (tertiary/aromatic N) is 3. The molecule has 0 unspecified atom stereocenters. The van der Waals surface area contributed by atoms with Crippen LogP contribution in [0.1, 0.15) is 32.1 Å². The van der Waals surface area contributed by atoms with E-state index in [1.165, 1.54) is 25.6 Å². The number of hydrogen-bond donors (Lipinski definition) is 1. The van der Waals surface area contributed by atoms with E-state index in [1.807, 2.05) is 0 Å². The third-order valence-electron chi connectivity index (χ3n) is 4.46. The molecule has 1 aliphatic heterocycles. The Balaban J connectivity index is 1.42. The second kappa shape index (κ2) is 7.69. The molecule has 2 aliphatic rings. The molecule has 1 saturated carbocycles. The molecule has 1 aromatic heterocycles. The largest absolute Gasteiger partial charge is 0.379 e. The van der Waals surface area contributed by atoms with Gasteiger partial charge in [-0.25, -0.2) is 4.98 Å². The van der Waals surface area contributed by atoms with Crippen LogP contribution in [0.4, 0.5) is 0 Å². The Morgan fingerprint density at radius 2 is 2.32 bits per heavy atom. The second-order valence-electron chi connectivity index (χ2n) is 6.11. The molecule has 1 aliphatic carbocycles. The summed E-state index contributed by atoms with van der Waals surface area (Å²) < 4.78 is 13.1. The van der Waals surface area contributed by atoms with Crippen molar-refractivity contribution in [3.8, 4) is 0 Å². The SMILES string of the molecule is O=C(CCn1cncn1)N[C@@H]1CCOC[C@H]1OCC1CCC1. The van der Waals surface area contributed by atoms with Gasteiger partial charge in [0, 0.05) is 19.6 Å². The Morgan fingerprint density at radius 1 is 1.41 bits per heavy atom. The number of ether oxygens (including phenoxy) is 2. The van der Waals surface area contributed by atoms with Crippen molar-refractivity contribution in [3.63, 3.8) is 0 Å². The molecule has 7 nitrogen and oxygen atoms in total. The van der Waals surface area contributed by atoms with Gasteiger partial charge in [-0.3, -0.25) is 9.48 Å². The number of aromatic nitrogens is 3. The molecule has 2 atom stereocenters. The van der Waals surface area contributed by atoms with E-state index in [0.29, 0.717) is 32.1 Å². The molecule has 7 heteroatoms. The quantitative estimate of drug-likeness (QED) is 0.804. The third kappa shape index (κ3) is 4.27. The van der Waals surface area contributed by atoms with Crippen molar-refractivity contribution in [3.05, 3.63) is 12.7 Å². The molecule has 3 rings (SSSR count). The number of carbonyl (C=O) groups is 1. The van der Waals surface area contributed by atoms with Crippen LogP contribution in [-0.2, 0) is 20.8 Å².